The summed E-state index contributed by atoms with van der Waals surface area (Å²) in [6.07, 6.45) is 1.31. The number of aromatic nitrogens is 1. The summed E-state index contributed by atoms with van der Waals surface area (Å²) in [4.78, 5) is 3.34. The zero-order chi connectivity index (χ0) is 21.5. The summed E-state index contributed by atoms with van der Waals surface area (Å²) in [6.45, 7) is 0.911. The van der Waals surface area contributed by atoms with E-state index in [0.29, 0.717) is 0 Å². The minimum Gasteiger partial charge on any atom is -0.394 e. The van der Waals surface area contributed by atoms with Gasteiger partial charge in [-0.05, 0) is 37.6 Å². The molecule has 1 aromatic carbocycles. The number of likely N-dealkylation sites (N-methyl/N-ethyl adjacent to an activating group) is 1. The van der Waals surface area contributed by atoms with Crippen LogP contribution in [-0.2, 0) is 15.9 Å². The Labute approximate surface area is 175 Å². The Kier molecular flexibility index (Phi) is 6.00. The minimum atomic E-state index is -1.76. The molecule has 1 aliphatic heterocycles. The zero-order valence-electron chi connectivity index (χ0n) is 17.2. The molecular formula is C22H30N2O6. The van der Waals surface area contributed by atoms with Crippen molar-refractivity contribution >= 4 is 10.9 Å². The summed E-state index contributed by atoms with van der Waals surface area (Å²) in [5.74, 6) is -1.63. The van der Waals surface area contributed by atoms with Gasteiger partial charge in [0.25, 0.3) is 0 Å². The van der Waals surface area contributed by atoms with Crippen molar-refractivity contribution in [2.45, 2.75) is 49.4 Å². The van der Waals surface area contributed by atoms with Crippen LogP contribution in [0, 0.1) is 0 Å². The van der Waals surface area contributed by atoms with E-state index in [9.17, 15) is 20.4 Å². The number of aliphatic hydroxyl groups is 4. The van der Waals surface area contributed by atoms with E-state index in [1.165, 1.54) is 16.5 Å². The standard InChI is InChI=1S/C22H30N2O6/c1-12(10-29-22(11-26)21(28)20(27)18(9-25)30-22)6-15-14-4-3-5-16-19(14)13(8-24-16)7-17(15)23-2/h3-6,8,15,17-18,20-21,23-28H,7,9-11H2,1-2H3. The first-order valence-corrected chi connectivity index (χ1v) is 10.3. The van der Waals surface area contributed by atoms with Gasteiger partial charge < -0.3 is 40.2 Å². The lowest BCUT2D eigenvalue weighted by Gasteiger charge is -2.32. The van der Waals surface area contributed by atoms with Gasteiger partial charge in [0.1, 0.15) is 24.9 Å². The molecular weight excluding hydrogens is 388 g/mol. The van der Waals surface area contributed by atoms with Crippen LogP contribution in [-0.4, -0.2) is 82.4 Å². The second-order valence-electron chi connectivity index (χ2n) is 8.25. The molecule has 8 heteroatoms. The molecule has 0 radical (unpaired) electrons. The van der Waals surface area contributed by atoms with E-state index in [1.807, 2.05) is 20.0 Å². The first kappa shape index (κ1) is 21.5. The molecule has 6 unspecified atom stereocenters. The number of hydrogen-bond donors (Lipinski definition) is 6. The molecule has 30 heavy (non-hydrogen) atoms. The number of H-pyrrole nitrogens is 1. The maximum absolute atomic E-state index is 10.3. The highest BCUT2D eigenvalue weighted by atomic mass is 16.7. The van der Waals surface area contributed by atoms with Crippen molar-refractivity contribution in [1.29, 1.82) is 0 Å². The van der Waals surface area contributed by atoms with Crippen LogP contribution >= 0.6 is 0 Å². The Morgan fingerprint density at radius 3 is 2.83 bits per heavy atom. The summed E-state index contributed by atoms with van der Waals surface area (Å²) in [6, 6.07) is 6.47. The Morgan fingerprint density at radius 1 is 1.37 bits per heavy atom. The molecule has 1 saturated heterocycles. The molecule has 2 heterocycles. The van der Waals surface area contributed by atoms with Crippen molar-refractivity contribution in [2.75, 3.05) is 26.9 Å². The van der Waals surface area contributed by atoms with Gasteiger partial charge in [-0.1, -0.05) is 23.8 Å². The van der Waals surface area contributed by atoms with Crippen molar-refractivity contribution < 1.29 is 29.9 Å². The summed E-state index contributed by atoms with van der Waals surface area (Å²) >= 11 is 0. The molecule has 2 aromatic rings. The van der Waals surface area contributed by atoms with Crippen LogP contribution in [0.25, 0.3) is 10.9 Å². The van der Waals surface area contributed by atoms with Crippen LogP contribution in [0.5, 0.6) is 0 Å². The molecule has 0 bridgehead atoms. The number of ether oxygens (including phenoxy) is 2. The van der Waals surface area contributed by atoms with Crippen molar-refractivity contribution in [3.05, 3.63) is 47.2 Å². The van der Waals surface area contributed by atoms with Gasteiger partial charge >= 0.3 is 0 Å². The van der Waals surface area contributed by atoms with Gasteiger partial charge in [0.05, 0.1) is 13.2 Å². The van der Waals surface area contributed by atoms with Crippen LogP contribution in [0.15, 0.2) is 36.0 Å². The van der Waals surface area contributed by atoms with Crippen LogP contribution < -0.4 is 5.32 Å². The quantitative estimate of drug-likeness (QED) is 0.354. The molecule has 1 aromatic heterocycles. The maximum atomic E-state index is 10.3. The van der Waals surface area contributed by atoms with Gasteiger partial charge in [0.2, 0.25) is 5.79 Å². The smallest absolute Gasteiger partial charge is 0.221 e. The van der Waals surface area contributed by atoms with Crippen LogP contribution in [0.4, 0.5) is 0 Å². The van der Waals surface area contributed by atoms with Gasteiger partial charge in [-0.25, -0.2) is 0 Å². The van der Waals surface area contributed by atoms with Gasteiger partial charge in [-0.2, -0.15) is 0 Å². The van der Waals surface area contributed by atoms with Gasteiger partial charge in [-0.3, -0.25) is 0 Å². The van der Waals surface area contributed by atoms with E-state index in [-0.39, 0.29) is 18.6 Å². The fourth-order valence-electron chi connectivity index (χ4n) is 4.68. The third-order valence-electron chi connectivity index (χ3n) is 6.34. The molecule has 1 aliphatic carbocycles. The van der Waals surface area contributed by atoms with E-state index in [2.05, 4.69) is 34.7 Å². The highest BCUT2D eigenvalue weighted by Gasteiger charge is 2.55. The molecule has 6 atom stereocenters. The molecule has 6 N–H and O–H groups in total. The summed E-state index contributed by atoms with van der Waals surface area (Å²) in [5, 5.41) is 44.1. The second-order valence-corrected chi connectivity index (χ2v) is 8.25. The first-order valence-electron chi connectivity index (χ1n) is 10.3. The van der Waals surface area contributed by atoms with Gasteiger partial charge in [-0.15, -0.1) is 0 Å². The molecule has 8 nitrogen and oxygen atoms in total. The van der Waals surface area contributed by atoms with E-state index in [4.69, 9.17) is 9.47 Å². The maximum Gasteiger partial charge on any atom is 0.221 e. The van der Waals surface area contributed by atoms with Crippen molar-refractivity contribution in [2.24, 2.45) is 0 Å². The third-order valence-corrected chi connectivity index (χ3v) is 6.34. The highest BCUT2D eigenvalue weighted by molar-refractivity contribution is 5.88. The SMILES string of the molecule is CNC1Cc2c[nH]c3cccc(c23)C1C=C(C)COC1(CO)OC(CO)C(O)C1O. The molecule has 1 fully saturated rings. The monoisotopic (exact) mass is 418 g/mol. The zero-order valence-corrected chi connectivity index (χ0v) is 17.2. The summed E-state index contributed by atoms with van der Waals surface area (Å²) in [5.41, 5.74) is 4.56. The summed E-state index contributed by atoms with van der Waals surface area (Å²) in [7, 11) is 1.95. The van der Waals surface area contributed by atoms with E-state index >= 15 is 0 Å². The third kappa shape index (κ3) is 3.48. The largest absolute Gasteiger partial charge is 0.394 e. The lowest BCUT2D eigenvalue weighted by molar-refractivity contribution is -0.272. The average Bonchev–Trinajstić information content (AvgIpc) is 3.29. The number of aliphatic hydroxyl groups excluding tert-OH is 4. The van der Waals surface area contributed by atoms with Crippen LogP contribution in [0.3, 0.4) is 0 Å². The lowest BCUT2D eigenvalue weighted by atomic mass is 9.79. The van der Waals surface area contributed by atoms with E-state index in [0.717, 1.165) is 17.5 Å². The fraction of sp³-hybridized carbons (Fsp3) is 0.545. The molecule has 0 saturated carbocycles. The Hall–Kier alpha value is -1.78. The number of aromatic amines is 1. The minimum absolute atomic E-state index is 0.103. The average molecular weight is 418 g/mol. The number of rotatable bonds is 7. The number of benzene rings is 1. The van der Waals surface area contributed by atoms with E-state index in [1.54, 1.807) is 0 Å². The number of hydrogen-bond acceptors (Lipinski definition) is 7. The predicted octanol–water partition coefficient (Wildman–Crippen LogP) is 0.160. The fourth-order valence-corrected chi connectivity index (χ4v) is 4.68. The first-order chi connectivity index (χ1) is 14.4. The normalized spacial score (nSPS) is 34.1. The van der Waals surface area contributed by atoms with Crippen molar-refractivity contribution in [3.63, 3.8) is 0 Å². The van der Waals surface area contributed by atoms with Gasteiger partial charge in [0, 0.05) is 29.1 Å². The van der Waals surface area contributed by atoms with Crippen molar-refractivity contribution in [1.82, 2.24) is 10.3 Å². The van der Waals surface area contributed by atoms with Gasteiger partial charge in [0.15, 0.2) is 0 Å². The Bertz CT molecular complexity index is 927. The van der Waals surface area contributed by atoms with Crippen LogP contribution in [0.2, 0.25) is 0 Å². The van der Waals surface area contributed by atoms with Crippen molar-refractivity contribution in [3.8, 4) is 0 Å². The Morgan fingerprint density at radius 2 is 2.17 bits per heavy atom. The van der Waals surface area contributed by atoms with E-state index < -0.39 is 37.3 Å². The topological polar surface area (TPSA) is 127 Å². The Balaban J connectivity index is 1.56. The predicted molar refractivity (Wildman–Crippen MR) is 111 cm³/mol. The molecule has 164 valence electrons. The molecule has 0 spiro atoms. The second kappa shape index (κ2) is 8.39. The summed E-state index contributed by atoms with van der Waals surface area (Å²) < 4.78 is 11.2. The molecule has 4 rings (SSSR count). The van der Waals surface area contributed by atoms with Crippen LogP contribution in [0.1, 0.15) is 24.0 Å². The number of nitrogens with one attached hydrogen (secondary N) is 2. The molecule has 2 aliphatic rings. The lowest BCUT2D eigenvalue weighted by Crippen LogP contribution is -2.49. The molecule has 0 amide bonds. The highest BCUT2D eigenvalue weighted by Crippen LogP contribution is 2.38.